The minimum atomic E-state index is -5.08. The second-order valence-corrected chi connectivity index (χ2v) is 10.6. The molecule has 236 valence electrons. The van der Waals surface area contributed by atoms with Crippen molar-refractivity contribution in [2.45, 2.75) is 68.9 Å². The Bertz CT molecular complexity index is 1250. The molecule has 1 amide bonds. The number of carbonyl (C=O) groups is 3. The maximum Gasteiger partial charge on any atom is 0.490 e. The molecule has 3 heterocycles. The number of nitrogens with zero attached hydrogens (tertiary/aromatic N) is 3. The number of pyridine rings is 1. The van der Waals surface area contributed by atoms with Crippen molar-refractivity contribution in [3.8, 4) is 0 Å². The SMILES string of the molecule is O=C(O)C(F)(F)F.O=C(O)C(F)(F)F.O=C(c1ccc2c(c1)C1(CCCC1)CN2Cc1cccnc1)N1CCC(O)CC1. The Morgan fingerprint density at radius 2 is 1.49 bits per heavy atom. The maximum absolute atomic E-state index is 13.1. The third kappa shape index (κ3) is 8.81. The van der Waals surface area contributed by atoms with E-state index in [0.29, 0.717) is 25.9 Å². The molecule has 15 heteroatoms. The fourth-order valence-electron chi connectivity index (χ4n) is 5.49. The van der Waals surface area contributed by atoms with E-state index in [1.54, 1.807) is 0 Å². The number of fused-ring (bicyclic) bond motifs is 2. The summed E-state index contributed by atoms with van der Waals surface area (Å²) in [5, 5.41) is 24.0. The number of amides is 1. The fraction of sp³-hybridized carbons (Fsp3) is 0.500. The third-order valence-electron chi connectivity index (χ3n) is 7.54. The summed E-state index contributed by atoms with van der Waals surface area (Å²) in [7, 11) is 0. The number of anilines is 1. The number of carbonyl (C=O) groups excluding carboxylic acids is 1. The Hall–Kier alpha value is -3.88. The molecule has 9 nitrogen and oxygen atoms in total. The van der Waals surface area contributed by atoms with Crippen molar-refractivity contribution >= 4 is 23.5 Å². The van der Waals surface area contributed by atoms with E-state index in [-0.39, 0.29) is 17.4 Å². The van der Waals surface area contributed by atoms with Crippen LogP contribution in [0.1, 0.15) is 60.0 Å². The van der Waals surface area contributed by atoms with Crippen LogP contribution in [0.25, 0.3) is 0 Å². The predicted molar refractivity (Wildman–Crippen MR) is 140 cm³/mol. The Balaban J connectivity index is 0.000000303. The van der Waals surface area contributed by atoms with Crippen LogP contribution in [-0.2, 0) is 21.5 Å². The number of piperidine rings is 1. The quantitative estimate of drug-likeness (QED) is 0.419. The molecule has 3 N–H and O–H groups in total. The van der Waals surface area contributed by atoms with Gasteiger partial charge in [0.25, 0.3) is 5.91 Å². The number of benzene rings is 1. The van der Waals surface area contributed by atoms with Crippen LogP contribution in [0.15, 0.2) is 42.7 Å². The van der Waals surface area contributed by atoms with Crippen molar-refractivity contribution in [3.63, 3.8) is 0 Å². The van der Waals surface area contributed by atoms with E-state index in [4.69, 9.17) is 19.8 Å². The third-order valence-corrected chi connectivity index (χ3v) is 7.54. The summed E-state index contributed by atoms with van der Waals surface area (Å²) in [6, 6.07) is 10.5. The van der Waals surface area contributed by atoms with E-state index >= 15 is 0 Å². The first-order chi connectivity index (χ1) is 20.0. The van der Waals surface area contributed by atoms with E-state index in [1.165, 1.54) is 42.5 Å². The minimum Gasteiger partial charge on any atom is -0.475 e. The molecule has 2 aliphatic heterocycles. The first-order valence-corrected chi connectivity index (χ1v) is 13.4. The van der Waals surface area contributed by atoms with Crippen LogP contribution >= 0.6 is 0 Å². The van der Waals surface area contributed by atoms with Crippen molar-refractivity contribution in [1.82, 2.24) is 9.88 Å². The van der Waals surface area contributed by atoms with Crippen LogP contribution in [0.4, 0.5) is 32.0 Å². The van der Waals surface area contributed by atoms with Crippen molar-refractivity contribution in [2.75, 3.05) is 24.5 Å². The number of hydrogen-bond donors (Lipinski definition) is 3. The summed E-state index contributed by atoms with van der Waals surface area (Å²) < 4.78 is 63.5. The molecule has 1 saturated carbocycles. The van der Waals surface area contributed by atoms with Gasteiger partial charge in [-0.3, -0.25) is 9.78 Å². The Morgan fingerprint density at radius 1 is 0.930 bits per heavy atom. The average Bonchev–Trinajstić information content (AvgIpc) is 3.53. The lowest BCUT2D eigenvalue weighted by atomic mass is 9.80. The Morgan fingerprint density at radius 3 is 1.98 bits per heavy atom. The summed E-state index contributed by atoms with van der Waals surface area (Å²) in [5.74, 6) is -5.40. The smallest absolute Gasteiger partial charge is 0.475 e. The van der Waals surface area contributed by atoms with Gasteiger partial charge < -0.3 is 25.1 Å². The molecule has 1 spiro atoms. The zero-order chi connectivity index (χ0) is 32.0. The van der Waals surface area contributed by atoms with E-state index in [2.05, 4.69) is 28.1 Å². The predicted octanol–water partition coefficient (Wildman–Crippen LogP) is 4.78. The van der Waals surface area contributed by atoms with Crippen LogP contribution < -0.4 is 4.90 Å². The number of rotatable bonds is 3. The van der Waals surface area contributed by atoms with Gasteiger partial charge in [0.15, 0.2) is 0 Å². The number of alkyl halides is 6. The van der Waals surface area contributed by atoms with Crippen LogP contribution in [0.3, 0.4) is 0 Å². The van der Waals surface area contributed by atoms with Crippen molar-refractivity contribution in [2.24, 2.45) is 0 Å². The molecule has 1 saturated heterocycles. The average molecular weight is 620 g/mol. The second kappa shape index (κ2) is 13.6. The zero-order valence-electron chi connectivity index (χ0n) is 22.9. The fourth-order valence-corrected chi connectivity index (χ4v) is 5.49. The lowest BCUT2D eigenvalue weighted by Crippen LogP contribution is -2.40. The van der Waals surface area contributed by atoms with Crippen LogP contribution in [-0.4, -0.2) is 81.1 Å². The molecule has 0 bridgehead atoms. The number of aliphatic hydroxyl groups excluding tert-OH is 1. The summed E-state index contributed by atoms with van der Waals surface area (Å²) >= 11 is 0. The molecule has 2 aromatic rings. The summed E-state index contributed by atoms with van der Waals surface area (Å²) in [4.78, 5) is 39.5. The highest BCUT2D eigenvalue weighted by Crippen LogP contribution is 2.51. The molecule has 0 atom stereocenters. The molecule has 0 radical (unpaired) electrons. The van der Waals surface area contributed by atoms with Crippen LogP contribution in [0.2, 0.25) is 0 Å². The highest BCUT2D eigenvalue weighted by Gasteiger charge is 2.45. The molecular formula is C28H31F6N3O6. The highest BCUT2D eigenvalue weighted by molar-refractivity contribution is 5.95. The van der Waals surface area contributed by atoms with Gasteiger partial charge in [-0.05, 0) is 61.1 Å². The number of hydrogen-bond acceptors (Lipinski definition) is 6. The summed E-state index contributed by atoms with van der Waals surface area (Å²) in [6.45, 7) is 3.19. The molecule has 1 aliphatic carbocycles. The molecule has 1 aromatic carbocycles. The van der Waals surface area contributed by atoms with Gasteiger partial charge in [0, 0.05) is 55.2 Å². The Labute approximate surface area is 242 Å². The van der Waals surface area contributed by atoms with Gasteiger partial charge in [-0.15, -0.1) is 0 Å². The number of halogens is 6. The van der Waals surface area contributed by atoms with Gasteiger partial charge in [-0.25, -0.2) is 9.59 Å². The lowest BCUT2D eigenvalue weighted by molar-refractivity contribution is -0.193. The zero-order valence-corrected chi connectivity index (χ0v) is 22.9. The van der Waals surface area contributed by atoms with E-state index in [1.807, 2.05) is 29.4 Å². The highest BCUT2D eigenvalue weighted by atomic mass is 19.4. The number of aromatic nitrogens is 1. The maximum atomic E-state index is 13.1. The van der Waals surface area contributed by atoms with Crippen molar-refractivity contribution < 1.29 is 56.0 Å². The standard InChI is InChI=1S/C24H29N3O2.2C2HF3O2/c28-20-7-12-26(13-8-20)23(29)19-5-6-22-21(14-19)24(9-1-2-10-24)17-27(22)16-18-4-3-11-25-15-18;2*3-2(4,5)1(6)7/h3-6,11,14-15,20,28H,1-2,7-10,12-13,16-17H2;2*(H,6,7). The lowest BCUT2D eigenvalue weighted by Gasteiger charge is -2.30. The van der Waals surface area contributed by atoms with Gasteiger partial charge in [0.1, 0.15) is 0 Å². The topological polar surface area (TPSA) is 131 Å². The molecule has 1 aromatic heterocycles. The van der Waals surface area contributed by atoms with E-state index in [9.17, 15) is 36.2 Å². The van der Waals surface area contributed by atoms with Gasteiger partial charge in [0.2, 0.25) is 0 Å². The first-order valence-electron chi connectivity index (χ1n) is 13.4. The number of carboxylic acids is 2. The number of aliphatic hydroxyl groups is 1. The second-order valence-electron chi connectivity index (χ2n) is 10.6. The minimum absolute atomic E-state index is 0.110. The molecule has 0 unspecified atom stereocenters. The van der Waals surface area contributed by atoms with Gasteiger partial charge >= 0.3 is 24.3 Å². The number of carboxylic acid groups (broad SMARTS) is 2. The molecule has 5 rings (SSSR count). The van der Waals surface area contributed by atoms with Crippen molar-refractivity contribution in [3.05, 3.63) is 59.4 Å². The molecular weight excluding hydrogens is 588 g/mol. The number of aliphatic carboxylic acids is 2. The van der Waals surface area contributed by atoms with Crippen LogP contribution in [0, 0.1) is 0 Å². The van der Waals surface area contributed by atoms with Crippen molar-refractivity contribution in [1.29, 1.82) is 0 Å². The first kappa shape index (κ1) is 33.6. The molecule has 43 heavy (non-hydrogen) atoms. The summed E-state index contributed by atoms with van der Waals surface area (Å²) in [5.41, 5.74) is 4.85. The van der Waals surface area contributed by atoms with Gasteiger partial charge in [-0.1, -0.05) is 18.9 Å². The number of likely N-dealkylation sites (tertiary alicyclic amines) is 1. The Kier molecular flexibility index (Phi) is 10.6. The van der Waals surface area contributed by atoms with Crippen LogP contribution in [0.5, 0.6) is 0 Å². The molecule has 2 fully saturated rings. The van der Waals surface area contributed by atoms with E-state index in [0.717, 1.165) is 18.7 Å². The van der Waals surface area contributed by atoms with Gasteiger partial charge in [-0.2, -0.15) is 26.3 Å². The van der Waals surface area contributed by atoms with E-state index < -0.39 is 24.3 Å². The monoisotopic (exact) mass is 619 g/mol. The normalized spacial score (nSPS) is 17.8. The largest absolute Gasteiger partial charge is 0.490 e. The molecule has 3 aliphatic rings. The summed E-state index contributed by atoms with van der Waals surface area (Å²) in [6.07, 6.45) is -0.362. The van der Waals surface area contributed by atoms with Gasteiger partial charge in [0.05, 0.1) is 6.10 Å².